The minimum absolute atomic E-state index is 0.531. The quantitative estimate of drug-likeness (QED) is 0.354. The van der Waals surface area contributed by atoms with Gasteiger partial charge in [-0.3, -0.25) is 4.98 Å². The second kappa shape index (κ2) is 7.98. The molecular weight excluding hydrogens is 424 g/mol. The van der Waals surface area contributed by atoms with Crippen LogP contribution in [0.5, 0.6) is 0 Å². The molecule has 4 aromatic heterocycles. The van der Waals surface area contributed by atoms with Gasteiger partial charge in [0, 0.05) is 40.7 Å². The first-order chi connectivity index (χ1) is 15.3. The lowest BCUT2D eigenvalue weighted by atomic mass is 9.97. The molecule has 4 aromatic rings. The van der Waals surface area contributed by atoms with Crippen LogP contribution in [0.25, 0.3) is 21.6 Å². The Kier molecular flexibility index (Phi) is 4.99. The Balaban J connectivity index is 1.47. The highest BCUT2D eigenvalue weighted by Crippen LogP contribution is 2.45. The fourth-order valence-electron chi connectivity index (χ4n) is 4.33. The van der Waals surface area contributed by atoms with Gasteiger partial charge in [-0.2, -0.15) is 0 Å². The molecular formula is C23H24N6S2. The molecule has 1 saturated carbocycles. The highest BCUT2D eigenvalue weighted by molar-refractivity contribution is 7.99. The Morgan fingerprint density at radius 3 is 2.74 bits per heavy atom. The fraction of sp³-hybridized carbons (Fsp3) is 0.435. The molecule has 0 unspecified atom stereocenters. The van der Waals surface area contributed by atoms with E-state index in [4.69, 9.17) is 9.97 Å². The number of pyridine rings is 1. The van der Waals surface area contributed by atoms with Crippen molar-refractivity contribution >= 4 is 33.3 Å². The molecule has 0 N–H and O–H groups in total. The summed E-state index contributed by atoms with van der Waals surface area (Å²) in [6.07, 6.45) is 11.9. The van der Waals surface area contributed by atoms with Crippen molar-refractivity contribution in [2.45, 2.75) is 74.5 Å². The summed E-state index contributed by atoms with van der Waals surface area (Å²) in [6, 6.07) is 3.99. The van der Waals surface area contributed by atoms with E-state index in [0.717, 1.165) is 46.8 Å². The summed E-state index contributed by atoms with van der Waals surface area (Å²) < 4.78 is 2.23. The molecule has 0 atom stereocenters. The maximum Gasteiger partial charge on any atom is 0.197 e. The van der Waals surface area contributed by atoms with Crippen molar-refractivity contribution in [3.8, 4) is 11.4 Å². The van der Waals surface area contributed by atoms with Gasteiger partial charge in [0.1, 0.15) is 15.7 Å². The average Bonchev–Trinajstić information content (AvgIpc) is 3.48. The third-order valence-electron chi connectivity index (χ3n) is 6.03. The molecule has 0 radical (unpaired) electrons. The van der Waals surface area contributed by atoms with E-state index in [1.54, 1.807) is 24.2 Å². The molecule has 6 nitrogen and oxygen atoms in total. The summed E-state index contributed by atoms with van der Waals surface area (Å²) in [5.41, 5.74) is 2.52. The molecule has 158 valence electrons. The lowest BCUT2D eigenvalue weighted by molar-refractivity contribution is 0.626. The number of nitrogens with zero attached hydrogens (tertiary/aromatic N) is 6. The van der Waals surface area contributed by atoms with Crippen molar-refractivity contribution in [2.24, 2.45) is 0 Å². The fourth-order valence-corrected chi connectivity index (χ4v) is 6.66. The van der Waals surface area contributed by atoms with E-state index in [-0.39, 0.29) is 0 Å². The first-order valence-corrected chi connectivity index (χ1v) is 12.8. The van der Waals surface area contributed by atoms with Crippen LogP contribution in [0, 0.1) is 0 Å². The molecule has 2 aliphatic carbocycles. The molecule has 4 heterocycles. The van der Waals surface area contributed by atoms with Gasteiger partial charge in [0.25, 0.3) is 0 Å². The van der Waals surface area contributed by atoms with E-state index in [9.17, 15) is 0 Å². The van der Waals surface area contributed by atoms with E-state index >= 15 is 0 Å². The van der Waals surface area contributed by atoms with Crippen LogP contribution in [-0.2, 0) is 19.4 Å². The number of aromatic nitrogens is 6. The van der Waals surface area contributed by atoms with Crippen molar-refractivity contribution in [3.63, 3.8) is 0 Å². The number of hydrogen-bond donors (Lipinski definition) is 0. The van der Waals surface area contributed by atoms with Gasteiger partial charge in [-0.15, -0.1) is 21.5 Å². The Bertz CT molecular complexity index is 1240. The lowest BCUT2D eigenvalue weighted by Crippen LogP contribution is -2.03. The summed E-state index contributed by atoms with van der Waals surface area (Å²) in [5, 5.41) is 12.4. The summed E-state index contributed by atoms with van der Waals surface area (Å²) >= 11 is 3.55. The van der Waals surface area contributed by atoms with E-state index in [0.29, 0.717) is 5.92 Å². The first-order valence-electron chi connectivity index (χ1n) is 11.2. The van der Waals surface area contributed by atoms with Crippen LogP contribution in [0.4, 0.5) is 0 Å². The Morgan fingerprint density at radius 1 is 1.10 bits per heavy atom. The number of rotatable bonds is 6. The van der Waals surface area contributed by atoms with Crippen molar-refractivity contribution in [3.05, 3.63) is 40.8 Å². The zero-order chi connectivity index (χ0) is 20.8. The molecule has 0 saturated heterocycles. The summed E-state index contributed by atoms with van der Waals surface area (Å²) in [6.45, 7) is 3.06. The molecule has 0 aliphatic heterocycles. The number of hydrogen-bond acceptors (Lipinski definition) is 7. The highest BCUT2D eigenvalue weighted by atomic mass is 32.2. The van der Waals surface area contributed by atoms with Crippen molar-refractivity contribution in [1.82, 2.24) is 29.7 Å². The highest BCUT2D eigenvalue weighted by Gasteiger charge is 2.30. The predicted octanol–water partition coefficient (Wildman–Crippen LogP) is 5.66. The van der Waals surface area contributed by atoms with Gasteiger partial charge in [-0.25, -0.2) is 9.97 Å². The minimum atomic E-state index is 0.531. The molecule has 0 spiro atoms. The Morgan fingerprint density at radius 2 is 1.94 bits per heavy atom. The Hall–Kier alpha value is -2.32. The lowest BCUT2D eigenvalue weighted by Gasteiger charge is -2.12. The molecule has 0 amide bonds. The monoisotopic (exact) mass is 448 g/mol. The van der Waals surface area contributed by atoms with Gasteiger partial charge in [0.05, 0.1) is 0 Å². The summed E-state index contributed by atoms with van der Waals surface area (Å²) in [5.74, 6) is 2.44. The van der Waals surface area contributed by atoms with Crippen LogP contribution in [-0.4, -0.2) is 29.7 Å². The number of aryl methyl sites for hydroxylation is 2. The smallest absolute Gasteiger partial charge is 0.197 e. The molecule has 8 heteroatoms. The zero-order valence-corrected chi connectivity index (χ0v) is 19.2. The van der Waals surface area contributed by atoms with Gasteiger partial charge < -0.3 is 4.57 Å². The van der Waals surface area contributed by atoms with Crippen LogP contribution in [0.1, 0.15) is 61.2 Å². The minimum Gasteiger partial charge on any atom is -0.302 e. The Labute approximate surface area is 189 Å². The van der Waals surface area contributed by atoms with Gasteiger partial charge in [0.2, 0.25) is 0 Å². The molecule has 31 heavy (non-hydrogen) atoms. The van der Waals surface area contributed by atoms with E-state index < -0.39 is 0 Å². The van der Waals surface area contributed by atoms with Gasteiger partial charge in [-0.1, -0.05) is 6.92 Å². The van der Waals surface area contributed by atoms with Crippen molar-refractivity contribution in [1.29, 1.82) is 0 Å². The second-order valence-electron chi connectivity index (χ2n) is 8.35. The van der Waals surface area contributed by atoms with Crippen LogP contribution in [0.2, 0.25) is 0 Å². The maximum absolute atomic E-state index is 5.09. The third kappa shape index (κ3) is 3.55. The van der Waals surface area contributed by atoms with E-state index in [1.165, 1.54) is 52.8 Å². The van der Waals surface area contributed by atoms with Gasteiger partial charge >= 0.3 is 0 Å². The van der Waals surface area contributed by atoms with Gasteiger partial charge in [-0.05, 0) is 74.4 Å². The normalized spacial score (nSPS) is 16.0. The van der Waals surface area contributed by atoms with Crippen molar-refractivity contribution < 1.29 is 0 Å². The standard InChI is InChI=1S/C23H24N6S2/c1-2-13-29-20(15-9-11-24-12-10-15)27-28-23(29)31-22-18-16-5-3-4-6-17(16)30-21(18)25-19(26-22)14-7-8-14/h9-12,14H,2-8,13H2,1H3. The van der Waals surface area contributed by atoms with Crippen LogP contribution in [0.15, 0.2) is 34.7 Å². The van der Waals surface area contributed by atoms with Crippen LogP contribution >= 0.6 is 23.1 Å². The third-order valence-corrected chi connectivity index (χ3v) is 8.19. The average molecular weight is 449 g/mol. The topological polar surface area (TPSA) is 69.4 Å². The molecule has 0 aromatic carbocycles. The molecule has 0 bridgehead atoms. The first kappa shape index (κ1) is 19.4. The van der Waals surface area contributed by atoms with Crippen LogP contribution < -0.4 is 0 Å². The second-order valence-corrected chi connectivity index (χ2v) is 10.4. The summed E-state index contributed by atoms with van der Waals surface area (Å²) in [4.78, 5) is 16.9. The van der Waals surface area contributed by atoms with E-state index in [1.807, 2.05) is 23.5 Å². The molecule has 2 aliphatic rings. The predicted molar refractivity (Wildman–Crippen MR) is 124 cm³/mol. The SMILES string of the molecule is CCCn1c(Sc2nc(C3CC3)nc3sc4c(c23)CCCC4)nnc1-c1ccncc1. The maximum atomic E-state index is 5.09. The zero-order valence-electron chi connectivity index (χ0n) is 17.5. The summed E-state index contributed by atoms with van der Waals surface area (Å²) in [7, 11) is 0. The molecule has 6 rings (SSSR count). The number of thiophene rings is 1. The number of fused-ring (bicyclic) bond motifs is 3. The van der Waals surface area contributed by atoms with Crippen LogP contribution in [0.3, 0.4) is 0 Å². The largest absolute Gasteiger partial charge is 0.302 e. The van der Waals surface area contributed by atoms with Crippen molar-refractivity contribution in [2.75, 3.05) is 0 Å². The van der Waals surface area contributed by atoms with E-state index in [2.05, 4.69) is 26.7 Å². The molecule has 1 fully saturated rings. The van der Waals surface area contributed by atoms with Gasteiger partial charge in [0.15, 0.2) is 11.0 Å².